The van der Waals surface area contributed by atoms with Crippen LogP contribution in [-0.2, 0) is 10.3 Å². The van der Waals surface area contributed by atoms with Crippen molar-refractivity contribution in [2.75, 3.05) is 0 Å². The SMILES string of the molecule is CC(CC(=O)NC1(c2cccc(OC(F)(F)F)c2)CC1)c1ccc(F)cc1. The van der Waals surface area contributed by atoms with Gasteiger partial charge in [0.2, 0.25) is 5.91 Å². The van der Waals surface area contributed by atoms with Crippen LogP contribution in [0.3, 0.4) is 0 Å². The summed E-state index contributed by atoms with van der Waals surface area (Å²) in [6, 6.07) is 11.7. The summed E-state index contributed by atoms with van der Waals surface area (Å²) in [6.07, 6.45) is -3.26. The molecule has 27 heavy (non-hydrogen) atoms. The van der Waals surface area contributed by atoms with Gasteiger partial charge in [-0.05, 0) is 54.2 Å². The molecular weight excluding hydrogens is 362 g/mol. The average Bonchev–Trinajstić information content (AvgIpc) is 3.34. The predicted octanol–water partition coefficient (Wildman–Crippen LogP) is 5.02. The number of alkyl halides is 3. The van der Waals surface area contributed by atoms with Gasteiger partial charge in [0.25, 0.3) is 0 Å². The molecule has 3 rings (SSSR count). The normalized spacial score (nSPS) is 16.5. The number of rotatable bonds is 6. The summed E-state index contributed by atoms with van der Waals surface area (Å²) in [7, 11) is 0. The molecule has 3 nitrogen and oxygen atoms in total. The smallest absolute Gasteiger partial charge is 0.406 e. The van der Waals surface area contributed by atoms with Gasteiger partial charge in [0.1, 0.15) is 11.6 Å². The Bertz CT molecular complexity index is 813. The van der Waals surface area contributed by atoms with Crippen LogP contribution in [0, 0.1) is 5.82 Å². The highest BCUT2D eigenvalue weighted by Crippen LogP contribution is 2.46. The van der Waals surface area contributed by atoms with E-state index in [9.17, 15) is 22.4 Å². The molecule has 1 atom stereocenters. The first-order chi connectivity index (χ1) is 12.7. The monoisotopic (exact) mass is 381 g/mol. The summed E-state index contributed by atoms with van der Waals surface area (Å²) in [4.78, 5) is 12.4. The lowest BCUT2D eigenvalue weighted by molar-refractivity contribution is -0.274. The average molecular weight is 381 g/mol. The van der Waals surface area contributed by atoms with Gasteiger partial charge >= 0.3 is 6.36 Å². The van der Waals surface area contributed by atoms with Gasteiger partial charge in [-0.25, -0.2) is 4.39 Å². The Morgan fingerprint density at radius 3 is 2.44 bits per heavy atom. The molecule has 0 bridgehead atoms. The molecule has 2 aromatic rings. The lowest BCUT2D eigenvalue weighted by Crippen LogP contribution is -2.35. The van der Waals surface area contributed by atoms with Crippen LogP contribution in [0.15, 0.2) is 48.5 Å². The van der Waals surface area contributed by atoms with Crippen LogP contribution < -0.4 is 10.1 Å². The number of carbonyl (C=O) groups is 1. The first-order valence-electron chi connectivity index (χ1n) is 8.60. The van der Waals surface area contributed by atoms with Crippen LogP contribution in [0.25, 0.3) is 0 Å². The molecule has 1 unspecified atom stereocenters. The predicted molar refractivity (Wildman–Crippen MR) is 91.6 cm³/mol. The zero-order chi connectivity index (χ0) is 19.7. The lowest BCUT2D eigenvalue weighted by atomic mass is 9.96. The van der Waals surface area contributed by atoms with E-state index >= 15 is 0 Å². The minimum Gasteiger partial charge on any atom is -0.406 e. The molecule has 1 amide bonds. The molecule has 2 aromatic carbocycles. The molecular formula is C20H19F4NO2. The Balaban J connectivity index is 1.65. The van der Waals surface area contributed by atoms with Crippen LogP contribution in [0.5, 0.6) is 5.75 Å². The van der Waals surface area contributed by atoms with E-state index in [0.717, 1.165) is 5.56 Å². The number of hydrogen-bond donors (Lipinski definition) is 1. The fraction of sp³-hybridized carbons (Fsp3) is 0.350. The fourth-order valence-corrected chi connectivity index (χ4v) is 3.11. The number of hydrogen-bond acceptors (Lipinski definition) is 2. The van der Waals surface area contributed by atoms with Crippen molar-refractivity contribution in [2.24, 2.45) is 0 Å². The maximum absolute atomic E-state index is 13.0. The van der Waals surface area contributed by atoms with Crippen LogP contribution in [0.1, 0.15) is 43.2 Å². The molecule has 0 aromatic heterocycles. The molecule has 7 heteroatoms. The van der Waals surface area contributed by atoms with Gasteiger partial charge in [-0.2, -0.15) is 0 Å². The van der Waals surface area contributed by atoms with Crippen LogP contribution >= 0.6 is 0 Å². The highest BCUT2D eigenvalue weighted by atomic mass is 19.4. The second-order valence-corrected chi connectivity index (χ2v) is 6.86. The second kappa shape index (κ2) is 7.21. The molecule has 1 aliphatic carbocycles. The Morgan fingerprint density at radius 2 is 1.85 bits per heavy atom. The zero-order valence-corrected chi connectivity index (χ0v) is 14.6. The highest BCUT2D eigenvalue weighted by Gasteiger charge is 2.46. The number of halogens is 4. The number of benzene rings is 2. The van der Waals surface area contributed by atoms with Crippen molar-refractivity contribution in [3.05, 3.63) is 65.5 Å². The van der Waals surface area contributed by atoms with Crippen molar-refractivity contribution < 1.29 is 27.1 Å². The quantitative estimate of drug-likeness (QED) is 0.714. The van der Waals surface area contributed by atoms with Crippen molar-refractivity contribution in [1.29, 1.82) is 0 Å². The van der Waals surface area contributed by atoms with Gasteiger partial charge in [0.05, 0.1) is 5.54 Å². The molecule has 0 radical (unpaired) electrons. The molecule has 1 N–H and O–H groups in total. The topological polar surface area (TPSA) is 38.3 Å². The highest BCUT2D eigenvalue weighted by molar-refractivity contribution is 5.78. The van der Waals surface area contributed by atoms with Gasteiger partial charge in [0, 0.05) is 6.42 Å². The molecule has 1 fully saturated rings. The first kappa shape index (κ1) is 19.2. The van der Waals surface area contributed by atoms with Crippen molar-refractivity contribution in [3.8, 4) is 5.75 Å². The maximum atomic E-state index is 13.0. The van der Waals surface area contributed by atoms with Gasteiger partial charge in [-0.15, -0.1) is 13.2 Å². The van der Waals surface area contributed by atoms with Crippen LogP contribution in [0.4, 0.5) is 17.6 Å². The number of amides is 1. The van der Waals surface area contributed by atoms with Crippen molar-refractivity contribution in [3.63, 3.8) is 0 Å². The molecule has 0 aliphatic heterocycles. The van der Waals surface area contributed by atoms with Gasteiger partial charge < -0.3 is 10.1 Å². The Labute approximate surface area is 154 Å². The Kier molecular flexibility index (Phi) is 5.13. The first-order valence-corrected chi connectivity index (χ1v) is 8.60. The van der Waals surface area contributed by atoms with E-state index in [4.69, 9.17) is 0 Å². The van der Waals surface area contributed by atoms with E-state index in [1.165, 1.54) is 30.3 Å². The summed E-state index contributed by atoms with van der Waals surface area (Å²) in [6.45, 7) is 1.87. The summed E-state index contributed by atoms with van der Waals surface area (Å²) >= 11 is 0. The van der Waals surface area contributed by atoms with E-state index in [2.05, 4.69) is 10.1 Å². The number of ether oxygens (including phenoxy) is 1. The zero-order valence-electron chi connectivity index (χ0n) is 14.6. The molecule has 0 heterocycles. The van der Waals surface area contributed by atoms with Gasteiger partial charge in [-0.3, -0.25) is 4.79 Å². The van der Waals surface area contributed by atoms with E-state index in [1.807, 2.05) is 6.92 Å². The largest absolute Gasteiger partial charge is 0.573 e. The summed E-state index contributed by atoms with van der Waals surface area (Å²) in [5, 5.41) is 2.94. The molecule has 1 saturated carbocycles. The third-order valence-corrected chi connectivity index (χ3v) is 4.68. The molecule has 0 spiro atoms. The summed E-state index contributed by atoms with van der Waals surface area (Å²) in [5.74, 6) is -0.957. The standard InChI is InChI=1S/C20H19F4NO2/c1-13(14-5-7-16(21)8-6-14)11-18(26)25-19(9-10-19)15-3-2-4-17(12-15)27-20(22,23)24/h2-8,12-13H,9-11H2,1H3,(H,25,26). The van der Waals surface area contributed by atoms with Crippen molar-refractivity contribution >= 4 is 5.91 Å². The van der Waals surface area contributed by atoms with E-state index in [-0.39, 0.29) is 29.8 Å². The molecule has 144 valence electrons. The van der Waals surface area contributed by atoms with Gasteiger partial charge in [0.15, 0.2) is 0 Å². The minimum atomic E-state index is -4.76. The third-order valence-electron chi connectivity index (χ3n) is 4.68. The van der Waals surface area contributed by atoms with Gasteiger partial charge in [-0.1, -0.05) is 31.2 Å². The van der Waals surface area contributed by atoms with Crippen LogP contribution in [-0.4, -0.2) is 12.3 Å². The summed E-state index contributed by atoms with van der Waals surface area (Å²) < 4.78 is 54.2. The summed E-state index contributed by atoms with van der Waals surface area (Å²) in [5.41, 5.74) is 0.786. The molecule has 1 aliphatic rings. The van der Waals surface area contributed by atoms with Crippen molar-refractivity contribution in [1.82, 2.24) is 5.32 Å². The lowest BCUT2D eigenvalue weighted by Gasteiger charge is -2.21. The number of carbonyl (C=O) groups excluding carboxylic acids is 1. The maximum Gasteiger partial charge on any atom is 0.573 e. The number of nitrogens with one attached hydrogen (secondary N) is 1. The fourth-order valence-electron chi connectivity index (χ4n) is 3.11. The van der Waals surface area contributed by atoms with Crippen molar-refractivity contribution in [2.45, 2.75) is 44.0 Å². The minimum absolute atomic E-state index is 0.110. The van der Waals surface area contributed by atoms with Crippen LogP contribution in [0.2, 0.25) is 0 Å². The Hall–Kier alpha value is -2.57. The van der Waals surface area contributed by atoms with E-state index in [0.29, 0.717) is 18.4 Å². The third kappa shape index (κ3) is 4.99. The Morgan fingerprint density at radius 1 is 1.19 bits per heavy atom. The molecule has 0 saturated heterocycles. The van der Waals surface area contributed by atoms with E-state index in [1.54, 1.807) is 18.2 Å². The second-order valence-electron chi connectivity index (χ2n) is 6.86. The van der Waals surface area contributed by atoms with E-state index < -0.39 is 11.9 Å².